The van der Waals surface area contributed by atoms with Crippen molar-refractivity contribution in [3.05, 3.63) is 77.4 Å². The Labute approximate surface area is 159 Å². The lowest BCUT2D eigenvalue weighted by atomic mass is 10.0. The van der Waals surface area contributed by atoms with Crippen LogP contribution in [0.1, 0.15) is 16.7 Å². The molecule has 2 amide bonds. The summed E-state index contributed by atoms with van der Waals surface area (Å²) in [4.78, 5) is 26.4. The number of carbonyl (C=O) groups is 2. The van der Waals surface area contributed by atoms with Gasteiger partial charge < -0.3 is 10.2 Å². The molecule has 3 rings (SSSR count). The molecule has 0 radical (unpaired) electrons. The lowest BCUT2D eigenvalue weighted by Crippen LogP contribution is -2.36. The van der Waals surface area contributed by atoms with E-state index in [-0.39, 0.29) is 24.8 Å². The van der Waals surface area contributed by atoms with Crippen LogP contribution in [0.25, 0.3) is 10.8 Å². The van der Waals surface area contributed by atoms with E-state index in [2.05, 4.69) is 5.32 Å². The van der Waals surface area contributed by atoms with Gasteiger partial charge in [0, 0.05) is 12.7 Å². The zero-order valence-corrected chi connectivity index (χ0v) is 16.0. The fourth-order valence-corrected chi connectivity index (χ4v) is 3.12. The zero-order valence-electron chi connectivity index (χ0n) is 16.0. The first kappa shape index (κ1) is 18.6. The van der Waals surface area contributed by atoms with Crippen molar-refractivity contribution in [2.24, 2.45) is 0 Å². The van der Waals surface area contributed by atoms with E-state index in [0.717, 1.165) is 33.2 Å². The molecule has 0 aliphatic rings. The number of anilines is 1. The monoisotopic (exact) mass is 360 g/mol. The van der Waals surface area contributed by atoms with Crippen LogP contribution in [-0.2, 0) is 16.0 Å². The van der Waals surface area contributed by atoms with E-state index in [1.54, 1.807) is 7.05 Å². The van der Waals surface area contributed by atoms with Gasteiger partial charge in [-0.2, -0.15) is 0 Å². The summed E-state index contributed by atoms with van der Waals surface area (Å²) in [6.45, 7) is 4.00. The van der Waals surface area contributed by atoms with E-state index < -0.39 is 0 Å². The van der Waals surface area contributed by atoms with Crippen LogP contribution in [0.3, 0.4) is 0 Å². The highest BCUT2D eigenvalue weighted by atomic mass is 16.2. The van der Waals surface area contributed by atoms with Crippen molar-refractivity contribution < 1.29 is 9.59 Å². The van der Waals surface area contributed by atoms with Gasteiger partial charge in [0.15, 0.2) is 0 Å². The van der Waals surface area contributed by atoms with Crippen molar-refractivity contribution in [2.75, 3.05) is 18.9 Å². The maximum absolute atomic E-state index is 12.6. The molecule has 0 fully saturated rings. The summed E-state index contributed by atoms with van der Waals surface area (Å²) in [6.07, 6.45) is 0.272. The van der Waals surface area contributed by atoms with Gasteiger partial charge in [0.1, 0.15) is 0 Å². The van der Waals surface area contributed by atoms with E-state index in [1.165, 1.54) is 4.90 Å². The normalized spacial score (nSPS) is 10.6. The fourth-order valence-electron chi connectivity index (χ4n) is 3.12. The second-order valence-electron chi connectivity index (χ2n) is 6.86. The average Bonchev–Trinajstić information content (AvgIpc) is 2.65. The summed E-state index contributed by atoms with van der Waals surface area (Å²) >= 11 is 0. The van der Waals surface area contributed by atoms with Gasteiger partial charge >= 0.3 is 0 Å². The smallest absolute Gasteiger partial charge is 0.243 e. The first-order valence-corrected chi connectivity index (χ1v) is 9.02. The van der Waals surface area contributed by atoms with Crippen LogP contribution < -0.4 is 5.32 Å². The third kappa shape index (κ3) is 4.34. The Bertz CT molecular complexity index is 989. The lowest BCUT2D eigenvalue weighted by Gasteiger charge is -2.18. The number of nitrogens with one attached hydrogen (secondary N) is 1. The van der Waals surface area contributed by atoms with Crippen molar-refractivity contribution in [1.29, 1.82) is 0 Å². The number of carbonyl (C=O) groups excluding carboxylic acids is 2. The lowest BCUT2D eigenvalue weighted by molar-refractivity contribution is -0.132. The number of fused-ring (bicyclic) bond motifs is 1. The molecular weight excluding hydrogens is 336 g/mol. The molecule has 0 aromatic heterocycles. The Morgan fingerprint density at radius 3 is 2.44 bits per heavy atom. The van der Waals surface area contributed by atoms with Crippen LogP contribution in [-0.4, -0.2) is 30.3 Å². The fraction of sp³-hybridized carbons (Fsp3) is 0.217. The molecule has 0 unspecified atom stereocenters. The zero-order chi connectivity index (χ0) is 19.4. The highest BCUT2D eigenvalue weighted by Crippen LogP contribution is 2.20. The number of rotatable bonds is 5. The molecule has 0 spiro atoms. The average molecular weight is 360 g/mol. The Kier molecular flexibility index (Phi) is 5.55. The molecule has 0 aliphatic carbocycles. The second kappa shape index (κ2) is 8.04. The van der Waals surface area contributed by atoms with E-state index in [4.69, 9.17) is 0 Å². The number of aryl methyl sites for hydroxylation is 1. The minimum atomic E-state index is -0.197. The van der Waals surface area contributed by atoms with Gasteiger partial charge in [-0.15, -0.1) is 0 Å². The molecule has 4 nitrogen and oxygen atoms in total. The standard InChI is InChI=1S/C23H24N2O2/c1-16-8-6-13-21(17(16)2)24-22(26)15-25(3)23(27)14-19-11-7-10-18-9-4-5-12-20(18)19/h4-13H,14-15H2,1-3H3,(H,24,26). The molecule has 3 aromatic carbocycles. The van der Waals surface area contributed by atoms with Gasteiger partial charge in [-0.25, -0.2) is 0 Å². The van der Waals surface area contributed by atoms with E-state index >= 15 is 0 Å². The number of hydrogen-bond acceptors (Lipinski definition) is 2. The number of amides is 2. The molecule has 0 aliphatic heterocycles. The molecule has 0 saturated heterocycles. The molecular formula is C23H24N2O2. The van der Waals surface area contributed by atoms with E-state index in [0.29, 0.717) is 0 Å². The van der Waals surface area contributed by atoms with Gasteiger partial charge in [0.05, 0.1) is 13.0 Å². The number of hydrogen-bond donors (Lipinski definition) is 1. The first-order chi connectivity index (χ1) is 13.0. The van der Waals surface area contributed by atoms with Crippen LogP contribution in [0, 0.1) is 13.8 Å². The molecule has 0 saturated carbocycles. The third-order valence-corrected chi connectivity index (χ3v) is 4.91. The van der Waals surface area contributed by atoms with E-state index in [1.807, 2.05) is 74.5 Å². The Balaban J connectivity index is 1.65. The van der Waals surface area contributed by atoms with Crippen LogP contribution in [0.4, 0.5) is 5.69 Å². The number of benzene rings is 3. The molecule has 27 heavy (non-hydrogen) atoms. The Morgan fingerprint density at radius 1 is 0.926 bits per heavy atom. The highest BCUT2D eigenvalue weighted by Gasteiger charge is 2.15. The topological polar surface area (TPSA) is 49.4 Å². The maximum Gasteiger partial charge on any atom is 0.243 e. The Morgan fingerprint density at radius 2 is 1.63 bits per heavy atom. The minimum Gasteiger partial charge on any atom is -0.336 e. The van der Waals surface area contributed by atoms with Gasteiger partial charge in [0.2, 0.25) is 11.8 Å². The first-order valence-electron chi connectivity index (χ1n) is 9.02. The van der Waals surface area contributed by atoms with Crippen LogP contribution in [0.5, 0.6) is 0 Å². The van der Waals surface area contributed by atoms with Crippen molar-refractivity contribution in [3.63, 3.8) is 0 Å². The minimum absolute atomic E-state index is 0.0248. The summed E-state index contributed by atoms with van der Waals surface area (Å²) in [6, 6.07) is 19.7. The van der Waals surface area contributed by atoms with Crippen molar-refractivity contribution in [1.82, 2.24) is 4.90 Å². The third-order valence-electron chi connectivity index (χ3n) is 4.91. The number of nitrogens with zero attached hydrogens (tertiary/aromatic N) is 1. The predicted octanol–water partition coefficient (Wildman–Crippen LogP) is 4.10. The second-order valence-corrected chi connectivity index (χ2v) is 6.86. The quantitative estimate of drug-likeness (QED) is 0.745. The SMILES string of the molecule is Cc1cccc(NC(=O)CN(C)C(=O)Cc2cccc3ccccc23)c1C. The van der Waals surface area contributed by atoms with Crippen molar-refractivity contribution in [3.8, 4) is 0 Å². The number of likely N-dealkylation sites (N-methyl/N-ethyl adjacent to an activating group) is 1. The summed E-state index contributed by atoms with van der Waals surface area (Å²) < 4.78 is 0. The molecule has 0 atom stereocenters. The van der Waals surface area contributed by atoms with Crippen molar-refractivity contribution >= 4 is 28.3 Å². The van der Waals surface area contributed by atoms with Gasteiger partial charge in [-0.05, 0) is 47.4 Å². The predicted molar refractivity (Wildman–Crippen MR) is 110 cm³/mol. The van der Waals surface area contributed by atoms with Crippen molar-refractivity contribution in [2.45, 2.75) is 20.3 Å². The van der Waals surface area contributed by atoms with Gasteiger partial charge in [0.25, 0.3) is 0 Å². The van der Waals surface area contributed by atoms with Crippen LogP contribution in [0.2, 0.25) is 0 Å². The van der Waals surface area contributed by atoms with Gasteiger partial charge in [-0.3, -0.25) is 9.59 Å². The van der Waals surface area contributed by atoms with E-state index in [9.17, 15) is 9.59 Å². The molecule has 4 heteroatoms. The maximum atomic E-state index is 12.6. The summed E-state index contributed by atoms with van der Waals surface area (Å²) in [5.74, 6) is -0.278. The molecule has 3 aromatic rings. The molecule has 1 N–H and O–H groups in total. The molecule has 0 heterocycles. The summed E-state index contributed by atoms with van der Waals surface area (Å²) in [5.41, 5.74) is 3.92. The molecule has 0 bridgehead atoms. The van der Waals surface area contributed by atoms with Crippen LogP contribution >= 0.6 is 0 Å². The van der Waals surface area contributed by atoms with Crippen LogP contribution in [0.15, 0.2) is 60.7 Å². The Hall–Kier alpha value is -3.14. The molecule has 138 valence electrons. The largest absolute Gasteiger partial charge is 0.336 e. The van der Waals surface area contributed by atoms with Gasteiger partial charge in [-0.1, -0.05) is 54.6 Å². The summed E-state index contributed by atoms with van der Waals surface area (Å²) in [5, 5.41) is 5.08. The highest BCUT2D eigenvalue weighted by molar-refractivity contribution is 5.96. The summed E-state index contributed by atoms with van der Waals surface area (Å²) in [7, 11) is 1.66.